The molecule has 0 bridgehead atoms. The fourth-order valence-corrected chi connectivity index (χ4v) is 1.56. The normalized spacial score (nSPS) is 13.7. The lowest BCUT2D eigenvalue weighted by Crippen LogP contribution is -2.38. The number of hydrogen-bond acceptors (Lipinski definition) is 3. The van der Waals surface area contributed by atoms with Crippen molar-refractivity contribution in [3.63, 3.8) is 0 Å². The van der Waals surface area contributed by atoms with Crippen LogP contribution >= 0.6 is 0 Å². The van der Waals surface area contributed by atoms with Crippen LogP contribution in [0.4, 0.5) is 8.78 Å². The summed E-state index contributed by atoms with van der Waals surface area (Å²) >= 11 is 0. The van der Waals surface area contributed by atoms with E-state index in [1.807, 2.05) is 20.8 Å². The summed E-state index contributed by atoms with van der Waals surface area (Å²) in [6.45, 7) is 6.22. The van der Waals surface area contributed by atoms with Crippen LogP contribution < -0.4 is 5.32 Å². The van der Waals surface area contributed by atoms with E-state index >= 15 is 0 Å². The summed E-state index contributed by atoms with van der Waals surface area (Å²) in [5.41, 5.74) is 0. The standard InChI is InChI=1S/C10H18F2N4/c1-4-13-8(10(11)12)5-9-14-6-15-16(9)7(2)3/h6-8,10,13H,4-5H2,1-3H3. The molecule has 6 heteroatoms. The summed E-state index contributed by atoms with van der Waals surface area (Å²) in [7, 11) is 0. The fourth-order valence-electron chi connectivity index (χ4n) is 1.56. The van der Waals surface area contributed by atoms with E-state index in [0.717, 1.165) is 0 Å². The molecule has 0 saturated heterocycles. The molecule has 0 aliphatic carbocycles. The first kappa shape index (κ1) is 13.0. The molecule has 1 N–H and O–H groups in total. The molecule has 16 heavy (non-hydrogen) atoms. The largest absolute Gasteiger partial charge is 0.309 e. The molecule has 92 valence electrons. The molecule has 0 saturated carbocycles. The topological polar surface area (TPSA) is 42.7 Å². The minimum atomic E-state index is -2.39. The van der Waals surface area contributed by atoms with Gasteiger partial charge in [-0.3, -0.25) is 0 Å². The Morgan fingerprint density at radius 3 is 2.62 bits per heavy atom. The first-order chi connectivity index (χ1) is 7.56. The Morgan fingerprint density at radius 2 is 2.12 bits per heavy atom. The summed E-state index contributed by atoms with van der Waals surface area (Å²) < 4.78 is 27.1. The lowest BCUT2D eigenvalue weighted by Gasteiger charge is -2.17. The van der Waals surface area contributed by atoms with Crippen molar-refractivity contribution in [2.24, 2.45) is 0 Å². The van der Waals surface area contributed by atoms with Crippen LogP contribution in [0.15, 0.2) is 6.33 Å². The van der Waals surface area contributed by atoms with Crippen molar-refractivity contribution in [1.82, 2.24) is 20.1 Å². The third kappa shape index (κ3) is 3.23. The molecular formula is C10H18F2N4. The second-order valence-electron chi connectivity index (χ2n) is 3.92. The molecule has 0 amide bonds. The van der Waals surface area contributed by atoms with Crippen LogP contribution in [-0.2, 0) is 6.42 Å². The first-order valence-corrected chi connectivity index (χ1v) is 5.46. The van der Waals surface area contributed by atoms with Gasteiger partial charge < -0.3 is 5.32 Å². The van der Waals surface area contributed by atoms with Crippen molar-refractivity contribution < 1.29 is 8.78 Å². The number of halogens is 2. The average molecular weight is 232 g/mol. The lowest BCUT2D eigenvalue weighted by molar-refractivity contribution is 0.0974. The molecule has 0 aromatic carbocycles. The molecule has 1 unspecified atom stereocenters. The predicted octanol–water partition coefficient (Wildman–Crippen LogP) is 1.64. The molecule has 1 aromatic heterocycles. The fraction of sp³-hybridized carbons (Fsp3) is 0.800. The van der Waals surface area contributed by atoms with Gasteiger partial charge in [0.15, 0.2) is 0 Å². The Balaban J connectivity index is 2.73. The highest BCUT2D eigenvalue weighted by Gasteiger charge is 2.22. The number of nitrogens with zero attached hydrogens (tertiary/aromatic N) is 3. The third-order valence-electron chi connectivity index (χ3n) is 2.31. The van der Waals surface area contributed by atoms with Crippen LogP contribution in [0.3, 0.4) is 0 Å². The van der Waals surface area contributed by atoms with Gasteiger partial charge in [-0.2, -0.15) is 5.10 Å². The van der Waals surface area contributed by atoms with E-state index in [1.54, 1.807) is 4.68 Å². The highest BCUT2D eigenvalue weighted by atomic mass is 19.3. The molecular weight excluding hydrogens is 214 g/mol. The van der Waals surface area contributed by atoms with Gasteiger partial charge in [0.25, 0.3) is 6.43 Å². The lowest BCUT2D eigenvalue weighted by atomic mass is 10.2. The Hall–Kier alpha value is -1.04. The number of alkyl halides is 2. The van der Waals surface area contributed by atoms with Gasteiger partial charge in [0.1, 0.15) is 12.2 Å². The Bertz CT molecular complexity index is 312. The van der Waals surface area contributed by atoms with E-state index in [1.165, 1.54) is 6.33 Å². The van der Waals surface area contributed by atoms with Crippen molar-refractivity contribution >= 4 is 0 Å². The Labute approximate surface area is 94.1 Å². The zero-order valence-corrected chi connectivity index (χ0v) is 9.82. The van der Waals surface area contributed by atoms with Crippen molar-refractivity contribution in [2.75, 3.05) is 6.54 Å². The monoisotopic (exact) mass is 232 g/mol. The molecule has 0 aliphatic heterocycles. The number of rotatable bonds is 6. The highest BCUT2D eigenvalue weighted by molar-refractivity contribution is 4.92. The second-order valence-corrected chi connectivity index (χ2v) is 3.92. The maximum atomic E-state index is 12.7. The molecule has 0 fully saturated rings. The van der Waals surface area contributed by atoms with Crippen molar-refractivity contribution in [3.8, 4) is 0 Å². The van der Waals surface area contributed by atoms with Crippen molar-refractivity contribution in [3.05, 3.63) is 12.2 Å². The average Bonchev–Trinajstić information content (AvgIpc) is 2.65. The minimum absolute atomic E-state index is 0.137. The summed E-state index contributed by atoms with van der Waals surface area (Å²) in [5.74, 6) is 0.598. The van der Waals surface area contributed by atoms with Crippen LogP contribution in [0.25, 0.3) is 0 Å². The quantitative estimate of drug-likeness (QED) is 0.811. The number of aromatic nitrogens is 3. The molecule has 0 aliphatic rings. The van der Waals surface area contributed by atoms with Crippen molar-refractivity contribution in [2.45, 2.75) is 45.7 Å². The summed E-state index contributed by atoms with van der Waals surface area (Å²) in [6.07, 6.45) is -0.787. The van der Waals surface area contributed by atoms with Crippen LogP contribution in [0, 0.1) is 0 Å². The van der Waals surface area contributed by atoms with E-state index < -0.39 is 12.5 Å². The van der Waals surface area contributed by atoms with Gasteiger partial charge in [-0.05, 0) is 20.4 Å². The molecule has 1 rings (SSSR count). The van der Waals surface area contributed by atoms with Gasteiger partial charge >= 0.3 is 0 Å². The van der Waals surface area contributed by atoms with Gasteiger partial charge in [0.2, 0.25) is 0 Å². The van der Waals surface area contributed by atoms with E-state index in [2.05, 4.69) is 15.4 Å². The van der Waals surface area contributed by atoms with E-state index in [-0.39, 0.29) is 12.5 Å². The van der Waals surface area contributed by atoms with E-state index in [0.29, 0.717) is 12.4 Å². The molecule has 1 atom stereocenters. The molecule has 1 heterocycles. The second kappa shape index (κ2) is 5.89. The van der Waals surface area contributed by atoms with Gasteiger partial charge in [-0.1, -0.05) is 6.92 Å². The van der Waals surface area contributed by atoms with Crippen LogP contribution in [0.5, 0.6) is 0 Å². The number of likely N-dealkylation sites (N-methyl/N-ethyl adjacent to an activating group) is 1. The SMILES string of the molecule is CCNC(Cc1ncnn1C(C)C)C(F)F. The zero-order chi connectivity index (χ0) is 12.1. The molecule has 1 aromatic rings. The third-order valence-corrected chi connectivity index (χ3v) is 2.31. The molecule has 0 spiro atoms. The highest BCUT2D eigenvalue weighted by Crippen LogP contribution is 2.11. The first-order valence-electron chi connectivity index (χ1n) is 5.46. The Morgan fingerprint density at radius 1 is 1.44 bits per heavy atom. The van der Waals surface area contributed by atoms with E-state index in [9.17, 15) is 8.78 Å². The maximum absolute atomic E-state index is 12.7. The zero-order valence-electron chi connectivity index (χ0n) is 9.82. The van der Waals surface area contributed by atoms with Gasteiger partial charge in [0, 0.05) is 12.5 Å². The summed E-state index contributed by atoms with van der Waals surface area (Å²) in [4.78, 5) is 4.02. The summed E-state index contributed by atoms with van der Waals surface area (Å²) in [6, 6.07) is -0.718. The smallest absolute Gasteiger partial charge is 0.254 e. The van der Waals surface area contributed by atoms with Crippen LogP contribution in [-0.4, -0.2) is 33.8 Å². The van der Waals surface area contributed by atoms with Crippen molar-refractivity contribution in [1.29, 1.82) is 0 Å². The van der Waals surface area contributed by atoms with Crippen LogP contribution in [0.1, 0.15) is 32.6 Å². The van der Waals surface area contributed by atoms with E-state index in [4.69, 9.17) is 0 Å². The van der Waals surface area contributed by atoms with Gasteiger partial charge in [-0.15, -0.1) is 0 Å². The minimum Gasteiger partial charge on any atom is -0.309 e. The molecule has 0 radical (unpaired) electrons. The number of nitrogens with one attached hydrogen (secondary N) is 1. The maximum Gasteiger partial charge on any atom is 0.254 e. The predicted molar refractivity (Wildman–Crippen MR) is 57.6 cm³/mol. The molecule has 4 nitrogen and oxygen atoms in total. The van der Waals surface area contributed by atoms with Gasteiger partial charge in [0.05, 0.1) is 6.04 Å². The number of hydrogen-bond donors (Lipinski definition) is 1. The summed E-state index contributed by atoms with van der Waals surface area (Å²) in [5, 5.41) is 6.78. The van der Waals surface area contributed by atoms with Gasteiger partial charge in [-0.25, -0.2) is 18.4 Å². The Kier molecular flexibility index (Phi) is 4.79. The van der Waals surface area contributed by atoms with Crippen LogP contribution in [0.2, 0.25) is 0 Å².